The molecule has 0 aromatic rings. The van der Waals surface area contributed by atoms with Crippen molar-refractivity contribution in [3.63, 3.8) is 0 Å². The van der Waals surface area contributed by atoms with Crippen LogP contribution in [0.1, 0.15) is 41.0 Å². The van der Waals surface area contributed by atoms with E-state index in [-0.39, 0.29) is 0 Å². The molecule has 3 nitrogen and oxygen atoms in total. The average molecular weight is 203 g/mol. The van der Waals surface area contributed by atoms with Crippen molar-refractivity contribution >= 4 is 0 Å². The van der Waals surface area contributed by atoms with E-state index in [0.717, 1.165) is 19.5 Å². The van der Waals surface area contributed by atoms with E-state index >= 15 is 0 Å². The molecule has 0 fully saturated rings. The van der Waals surface area contributed by atoms with Gasteiger partial charge >= 0.3 is 0 Å². The predicted octanol–water partition coefficient (Wildman–Crippen LogP) is 1.24. The Labute approximate surface area is 87.7 Å². The quantitative estimate of drug-likeness (QED) is 0.682. The molecule has 0 aromatic heterocycles. The van der Waals surface area contributed by atoms with Crippen LogP contribution in [0.4, 0.5) is 0 Å². The Morgan fingerprint density at radius 1 is 1.00 bits per heavy atom. The van der Waals surface area contributed by atoms with E-state index in [9.17, 15) is 10.2 Å². The summed E-state index contributed by atoms with van der Waals surface area (Å²) in [6.45, 7) is 11.7. The Hall–Kier alpha value is -0.120. The molecule has 0 saturated carbocycles. The standard InChI is InChI=1S/C11H25NO2/c1-6-12(9-11(4,5)14)8-7-10(2,3)13/h13-14H,6-9H2,1-5H3. The normalized spacial score (nSPS) is 13.7. The maximum atomic E-state index is 9.64. The van der Waals surface area contributed by atoms with Crippen LogP contribution in [0.15, 0.2) is 0 Å². The summed E-state index contributed by atoms with van der Waals surface area (Å²) in [4.78, 5) is 2.15. The topological polar surface area (TPSA) is 43.7 Å². The number of hydrogen-bond acceptors (Lipinski definition) is 3. The zero-order valence-corrected chi connectivity index (χ0v) is 10.2. The van der Waals surface area contributed by atoms with E-state index in [1.165, 1.54) is 0 Å². The van der Waals surface area contributed by atoms with Crippen LogP contribution in [0.2, 0.25) is 0 Å². The zero-order chi connectivity index (χ0) is 11.4. The molecule has 0 spiro atoms. The van der Waals surface area contributed by atoms with Gasteiger partial charge in [-0.1, -0.05) is 6.92 Å². The van der Waals surface area contributed by atoms with Gasteiger partial charge in [0, 0.05) is 13.1 Å². The van der Waals surface area contributed by atoms with E-state index in [1.807, 2.05) is 13.8 Å². The molecule has 0 aliphatic rings. The summed E-state index contributed by atoms with van der Waals surface area (Å²) in [5.41, 5.74) is -1.28. The molecule has 0 atom stereocenters. The van der Waals surface area contributed by atoms with E-state index in [4.69, 9.17) is 0 Å². The van der Waals surface area contributed by atoms with Gasteiger partial charge in [-0.05, 0) is 40.7 Å². The minimum atomic E-state index is -0.657. The molecule has 2 N–H and O–H groups in total. The molecule has 0 aliphatic heterocycles. The van der Waals surface area contributed by atoms with E-state index in [1.54, 1.807) is 13.8 Å². The van der Waals surface area contributed by atoms with Gasteiger partial charge in [-0.15, -0.1) is 0 Å². The summed E-state index contributed by atoms with van der Waals surface area (Å²) in [7, 11) is 0. The van der Waals surface area contributed by atoms with Crippen molar-refractivity contribution < 1.29 is 10.2 Å². The van der Waals surface area contributed by atoms with E-state index in [2.05, 4.69) is 11.8 Å². The van der Waals surface area contributed by atoms with Gasteiger partial charge in [0.25, 0.3) is 0 Å². The summed E-state index contributed by atoms with van der Waals surface area (Å²) < 4.78 is 0. The van der Waals surface area contributed by atoms with Crippen molar-refractivity contribution in [1.82, 2.24) is 4.90 Å². The SMILES string of the molecule is CCN(CCC(C)(C)O)CC(C)(C)O. The summed E-state index contributed by atoms with van der Waals surface area (Å²) in [6, 6.07) is 0. The third kappa shape index (κ3) is 8.48. The molecule has 14 heavy (non-hydrogen) atoms. The molecule has 0 unspecified atom stereocenters. The molecular weight excluding hydrogens is 178 g/mol. The van der Waals surface area contributed by atoms with Crippen molar-refractivity contribution in [3.8, 4) is 0 Å². The molecular formula is C11H25NO2. The molecule has 0 aromatic carbocycles. The van der Waals surface area contributed by atoms with Gasteiger partial charge in [-0.3, -0.25) is 0 Å². The van der Waals surface area contributed by atoms with Gasteiger partial charge in [0.05, 0.1) is 11.2 Å². The Balaban J connectivity index is 3.93. The van der Waals surface area contributed by atoms with Crippen molar-refractivity contribution in [1.29, 1.82) is 0 Å². The maximum Gasteiger partial charge on any atom is 0.0718 e. The highest BCUT2D eigenvalue weighted by Gasteiger charge is 2.19. The van der Waals surface area contributed by atoms with Gasteiger partial charge in [0.1, 0.15) is 0 Å². The minimum absolute atomic E-state index is 0.618. The molecule has 0 bridgehead atoms. The second kappa shape index (κ2) is 5.10. The number of nitrogens with zero attached hydrogens (tertiary/aromatic N) is 1. The first-order chi connectivity index (χ1) is 6.14. The lowest BCUT2D eigenvalue weighted by Crippen LogP contribution is -2.40. The second-order valence-corrected chi connectivity index (χ2v) is 5.24. The van der Waals surface area contributed by atoms with E-state index in [0.29, 0.717) is 6.54 Å². The van der Waals surface area contributed by atoms with Crippen LogP contribution in [0, 0.1) is 0 Å². The van der Waals surface area contributed by atoms with Crippen LogP contribution in [0.3, 0.4) is 0 Å². The predicted molar refractivity (Wildman–Crippen MR) is 59.3 cm³/mol. The molecule has 0 amide bonds. The second-order valence-electron chi connectivity index (χ2n) is 5.24. The summed E-state index contributed by atoms with van der Waals surface area (Å²) in [5, 5.41) is 19.2. The molecule has 0 radical (unpaired) electrons. The fourth-order valence-electron chi connectivity index (χ4n) is 1.33. The largest absolute Gasteiger partial charge is 0.390 e. The van der Waals surface area contributed by atoms with Crippen molar-refractivity contribution in [2.24, 2.45) is 0 Å². The lowest BCUT2D eigenvalue weighted by atomic mass is 10.0. The van der Waals surface area contributed by atoms with Crippen molar-refractivity contribution in [2.45, 2.75) is 52.2 Å². The maximum absolute atomic E-state index is 9.64. The molecule has 0 rings (SSSR count). The fourth-order valence-corrected chi connectivity index (χ4v) is 1.33. The first-order valence-electron chi connectivity index (χ1n) is 5.31. The monoisotopic (exact) mass is 203 g/mol. The lowest BCUT2D eigenvalue weighted by molar-refractivity contribution is 0.0191. The van der Waals surface area contributed by atoms with Crippen LogP contribution in [0.5, 0.6) is 0 Å². The lowest BCUT2D eigenvalue weighted by Gasteiger charge is -2.30. The van der Waals surface area contributed by atoms with Gasteiger partial charge in [-0.25, -0.2) is 0 Å². The third-order valence-corrected chi connectivity index (χ3v) is 2.10. The Kier molecular flexibility index (Phi) is 5.06. The number of likely N-dealkylation sites (N-methyl/N-ethyl adjacent to an activating group) is 1. The first kappa shape index (κ1) is 13.9. The van der Waals surface area contributed by atoms with Crippen LogP contribution in [-0.4, -0.2) is 45.9 Å². The van der Waals surface area contributed by atoms with Gasteiger partial charge in [-0.2, -0.15) is 0 Å². The number of hydrogen-bond donors (Lipinski definition) is 2. The van der Waals surface area contributed by atoms with Crippen molar-refractivity contribution in [2.75, 3.05) is 19.6 Å². The highest BCUT2D eigenvalue weighted by Crippen LogP contribution is 2.11. The summed E-state index contributed by atoms with van der Waals surface area (Å²) in [6.07, 6.45) is 0.733. The van der Waals surface area contributed by atoms with Crippen LogP contribution >= 0.6 is 0 Å². The Bertz CT molecular complexity index is 156. The number of aliphatic hydroxyl groups is 2. The average Bonchev–Trinajstić information content (AvgIpc) is 1.94. The zero-order valence-electron chi connectivity index (χ0n) is 10.2. The smallest absolute Gasteiger partial charge is 0.0718 e. The molecule has 0 aliphatic carbocycles. The molecule has 3 heteroatoms. The van der Waals surface area contributed by atoms with E-state index < -0.39 is 11.2 Å². The number of rotatable bonds is 6. The van der Waals surface area contributed by atoms with Crippen LogP contribution in [0.25, 0.3) is 0 Å². The Morgan fingerprint density at radius 2 is 1.50 bits per heavy atom. The molecule has 0 heterocycles. The minimum Gasteiger partial charge on any atom is -0.390 e. The van der Waals surface area contributed by atoms with Crippen LogP contribution < -0.4 is 0 Å². The van der Waals surface area contributed by atoms with Gasteiger partial charge < -0.3 is 15.1 Å². The van der Waals surface area contributed by atoms with Gasteiger partial charge in [0.15, 0.2) is 0 Å². The highest BCUT2D eigenvalue weighted by molar-refractivity contribution is 4.74. The Morgan fingerprint density at radius 3 is 1.79 bits per heavy atom. The highest BCUT2D eigenvalue weighted by atomic mass is 16.3. The molecule has 86 valence electrons. The summed E-state index contributed by atoms with van der Waals surface area (Å²) >= 11 is 0. The first-order valence-corrected chi connectivity index (χ1v) is 5.31. The van der Waals surface area contributed by atoms with Crippen molar-refractivity contribution in [3.05, 3.63) is 0 Å². The fraction of sp³-hybridized carbons (Fsp3) is 1.00. The molecule has 0 saturated heterocycles. The van der Waals surface area contributed by atoms with Crippen LogP contribution in [-0.2, 0) is 0 Å². The van der Waals surface area contributed by atoms with Gasteiger partial charge in [0.2, 0.25) is 0 Å². The third-order valence-electron chi connectivity index (χ3n) is 2.10. The summed E-state index contributed by atoms with van der Waals surface area (Å²) in [5.74, 6) is 0.